The Labute approximate surface area is 155 Å². The number of aromatic nitrogens is 2. The SMILES string of the molecule is CN(Cc1ccccc1NCc1cn2ccccc2n1)C1CCCCC1. The molecule has 1 aliphatic carbocycles. The van der Waals surface area contributed by atoms with Crippen molar-refractivity contribution in [1.29, 1.82) is 0 Å². The molecule has 2 heterocycles. The smallest absolute Gasteiger partial charge is 0.137 e. The van der Waals surface area contributed by atoms with Gasteiger partial charge in [0.15, 0.2) is 0 Å². The Kier molecular flexibility index (Phi) is 5.21. The van der Waals surface area contributed by atoms with Crippen molar-refractivity contribution in [3.63, 3.8) is 0 Å². The molecule has 0 radical (unpaired) electrons. The summed E-state index contributed by atoms with van der Waals surface area (Å²) in [6, 6.07) is 15.5. The molecule has 26 heavy (non-hydrogen) atoms. The normalized spacial score (nSPS) is 15.6. The van der Waals surface area contributed by atoms with Crippen LogP contribution in [0.3, 0.4) is 0 Å². The zero-order valence-corrected chi connectivity index (χ0v) is 15.6. The van der Waals surface area contributed by atoms with Gasteiger partial charge in [0.1, 0.15) is 5.65 Å². The monoisotopic (exact) mass is 348 g/mol. The maximum Gasteiger partial charge on any atom is 0.137 e. The van der Waals surface area contributed by atoms with Crippen molar-refractivity contribution >= 4 is 11.3 Å². The highest BCUT2D eigenvalue weighted by Crippen LogP contribution is 2.25. The third-order valence-electron chi connectivity index (χ3n) is 5.51. The van der Waals surface area contributed by atoms with E-state index in [1.54, 1.807) is 0 Å². The fourth-order valence-corrected chi connectivity index (χ4v) is 4.01. The van der Waals surface area contributed by atoms with E-state index in [4.69, 9.17) is 0 Å². The Morgan fingerprint density at radius 2 is 1.88 bits per heavy atom. The van der Waals surface area contributed by atoms with E-state index in [9.17, 15) is 0 Å². The molecule has 0 amide bonds. The van der Waals surface area contributed by atoms with Crippen LogP contribution in [0.15, 0.2) is 54.9 Å². The molecule has 0 unspecified atom stereocenters. The highest BCUT2D eigenvalue weighted by atomic mass is 15.1. The molecule has 4 rings (SSSR count). The van der Waals surface area contributed by atoms with Crippen LogP contribution in [-0.2, 0) is 13.1 Å². The molecule has 2 aromatic heterocycles. The highest BCUT2D eigenvalue weighted by Gasteiger charge is 2.18. The first-order valence-corrected chi connectivity index (χ1v) is 9.74. The number of fused-ring (bicyclic) bond motifs is 1. The molecule has 0 saturated heterocycles. The zero-order valence-electron chi connectivity index (χ0n) is 15.6. The minimum Gasteiger partial charge on any atom is -0.379 e. The summed E-state index contributed by atoms with van der Waals surface area (Å²) in [7, 11) is 2.27. The Morgan fingerprint density at radius 3 is 2.73 bits per heavy atom. The molecule has 0 atom stereocenters. The number of anilines is 1. The number of hydrogen-bond acceptors (Lipinski definition) is 3. The van der Waals surface area contributed by atoms with Gasteiger partial charge < -0.3 is 9.72 Å². The molecule has 4 heteroatoms. The summed E-state index contributed by atoms with van der Waals surface area (Å²) in [5.41, 5.74) is 4.64. The lowest BCUT2D eigenvalue weighted by Gasteiger charge is -2.31. The molecule has 0 bridgehead atoms. The minimum atomic E-state index is 0.732. The van der Waals surface area contributed by atoms with Gasteiger partial charge in [-0.1, -0.05) is 43.5 Å². The van der Waals surface area contributed by atoms with E-state index < -0.39 is 0 Å². The van der Waals surface area contributed by atoms with Crippen LogP contribution in [0.25, 0.3) is 5.65 Å². The van der Waals surface area contributed by atoms with Gasteiger partial charge in [-0.3, -0.25) is 4.90 Å². The summed E-state index contributed by atoms with van der Waals surface area (Å²) in [4.78, 5) is 7.21. The van der Waals surface area contributed by atoms with Crippen molar-refractivity contribution in [3.8, 4) is 0 Å². The van der Waals surface area contributed by atoms with Gasteiger partial charge in [-0.05, 0) is 43.7 Å². The van der Waals surface area contributed by atoms with Gasteiger partial charge >= 0.3 is 0 Å². The molecule has 1 N–H and O–H groups in total. The van der Waals surface area contributed by atoms with E-state index in [1.807, 2.05) is 24.4 Å². The number of pyridine rings is 1. The number of nitrogens with one attached hydrogen (secondary N) is 1. The predicted octanol–water partition coefficient (Wildman–Crippen LogP) is 4.71. The maximum absolute atomic E-state index is 4.68. The molecule has 1 saturated carbocycles. The Morgan fingerprint density at radius 1 is 1.08 bits per heavy atom. The van der Waals surface area contributed by atoms with Gasteiger partial charge in [-0.2, -0.15) is 0 Å². The Balaban J connectivity index is 1.43. The summed E-state index contributed by atoms with van der Waals surface area (Å²) < 4.78 is 2.07. The second-order valence-electron chi connectivity index (χ2n) is 7.42. The Hall–Kier alpha value is -2.33. The molecule has 1 aliphatic rings. The van der Waals surface area contributed by atoms with E-state index >= 15 is 0 Å². The summed E-state index contributed by atoms with van der Waals surface area (Å²) >= 11 is 0. The van der Waals surface area contributed by atoms with Crippen LogP contribution in [0.4, 0.5) is 5.69 Å². The van der Waals surface area contributed by atoms with E-state index in [1.165, 1.54) is 43.4 Å². The van der Waals surface area contributed by atoms with Crippen LogP contribution in [0, 0.1) is 0 Å². The zero-order chi connectivity index (χ0) is 17.8. The number of nitrogens with zero attached hydrogens (tertiary/aromatic N) is 3. The first kappa shape index (κ1) is 17.1. The van der Waals surface area contributed by atoms with Crippen LogP contribution >= 0.6 is 0 Å². The maximum atomic E-state index is 4.68. The third kappa shape index (κ3) is 3.91. The van der Waals surface area contributed by atoms with Gasteiger partial charge in [0.05, 0.1) is 12.2 Å². The van der Waals surface area contributed by atoms with Crippen molar-refractivity contribution in [2.24, 2.45) is 0 Å². The highest BCUT2D eigenvalue weighted by molar-refractivity contribution is 5.51. The molecular formula is C22H28N4. The largest absolute Gasteiger partial charge is 0.379 e. The van der Waals surface area contributed by atoms with Crippen LogP contribution in [0.1, 0.15) is 43.4 Å². The van der Waals surface area contributed by atoms with Crippen LogP contribution in [-0.4, -0.2) is 27.4 Å². The summed E-state index contributed by atoms with van der Waals surface area (Å²) in [6.45, 7) is 1.74. The number of benzene rings is 1. The van der Waals surface area contributed by atoms with Crippen LogP contribution < -0.4 is 5.32 Å². The van der Waals surface area contributed by atoms with Crippen molar-refractivity contribution in [3.05, 3.63) is 66.1 Å². The predicted molar refractivity (Wildman–Crippen MR) is 107 cm³/mol. The fraction of sp³-hybridized carbons (Fsp3) is 0.409. The van der Waals surface area contributed by atoms with E-state index in [0.29, 0.717) is 0 Å². The van der Waals surface area contributed by atoms with E-state index in [0.717, 1.165) is 30.5 Å². The van der Waals surface area contributed by atoms with Crippen molar-refractivity contribution in [2.45, 2.75) is 51.2 Å². The van der Waals surface area contributed by atoms with E-state index in [-0.39, 0.29) is 0 Å². The van der Waals surface area contributed by atoms with Crippen molar-refractivity contribution in [1.82, 2.24) is 14.3 Å². The van der Waals surface area contributed by atoms with Gasteiger partial charge in [-0.15, -0.1) is 0 Å². The molecule has 136 valence electrons. The lowest BCUT2D eigenvalue weighted by Crippen LogP contribution is -2.33. The number of hydrogen-bond donors (Lipinski definition) is 1. The second-order valence-corrected chi connectivity index (χ2v) is 7.42. The number of para-hydroxylation sites is 1. The average Bonchev–Trinajstić information content (AvgIpc) is 3.11. The first-order chi connectivity index (χ1) is 12.8. The van der Waals surface area contributed by atoms with Gasteiger partial charge in [-0.25, -0.2) is 4.98 Å². The van der Waals surface area contributed by atoms with Gasteiger partial charge in [0.2, 0.25) is 0 Å². The summed E-state index contributed by atoms with van der Waals surface area (Å²) in [5.74, 6) is 0. The molecular weight excluding hydrogens is 320 g/mol. The standard InChI is InChI=1S/C22H28N4/c1-25(20-10-3-2-4-11-20)16-18-9-5-6-12-21(18)23-15-19-17-26-14-8-7-13-22(26)24-19/h5-9,12-14,17,20,23H,2-4,10-11,15-16H2,1H3. The van der Waals surface area contributed by atoms with Crippen LogP contribution in [0.5, 0.6) is 0 Å². The topological polar surface area (TPSA) is 32.6 Å². The summed E-state index contributed by atoms with van der Waals surface area (Å²) in [5, 5.41) is 3.60. The minimum absolute atomic E-state index is 0.732. The second kappa shape index (κ2) is 7.92. The molecule has 0 aliphatic heterocycles. The average molecular weight is 348 g/mol. The van der Waals surface area contributed by atoms with Crippen molar-refractivity contribution in [2.75, 3.05) is 12.4 Å². The van der Waals surface area contributed by atoms with Crippen molar-refractivity contribution < 1.29 is 0 Å². The van der Waals surface area contributed by atoms with Crippen LogP contribution in [0.2, 0.25) is 0 Å². The number of imidazole rings is 1. The van der Waals surface area contributed by atoms with Gasteiger partial charge in [0, 0.05) is 30.7 Å². The lowest BCUT2D eigenvalue weighted by atomic mass is 9.94. The molecule has 3 aromatic rings. The fourth-order valence-electron chi connectivity index (χ4n) is 4.01. The number of rotatable bonds is 6. The summed E-state index contributed by atoms with van der Waals surface area (Å²) in [6.07, 6.45) is 11.0. The lowest BCUT2D eigenvalue weighted by molar-refractivity contribution is 0.185. The third-order valence-corrected chi connectivity index (χ3v) is 5.51. The molecule has 1 fully saturated rings. The molecule has 0 spiro atoms. The van der Waals surface area contributed by atoms with E-state index in [2.05, 4.69) is 57.1 Å². The molecule has 1 aromatic carbocycles. The quantitative estimate of drug-likeness (QED) is 0.700. The first-order valence-electron chi connectivity index (χ1n) is 9.74. The Bertz CT molecular complexity index is 815. The molecule has 4 nitrogen and oxygen atoms in total. The van der Waals surface area contributed by atoms with Gasteiger partial charge in [0.25, 0.3) is 0 Å².